The summed E-state index contributed by atoms with van der Waals surface area (Å²) in [6, 6.07) is 0.791. The van der Waals surface area contributed by atoms with Gasteiger partial charge in [0, 0.05) is 56.6 Å². The second kappa shape index (κ2) is 12.4. The Bertz CT molecular complexity index is 821. The number of piperazine rings is 1. The first kappa shape index (κ1) is 28.1. The molecule has 38 heavy (non-hydrogen) atoms. The summed E-state index contributed by atoms with van der Waals surface area (Å²) in [5, 5.41) is 11.3. The van der Waals surface area contributed by atoms with Gasteiger partial charge >= 0.3 is 6.61 Å². The average Bonchev–Trinajstić information content (AvgIpc) is 3.34. The molecule has 11 heteroatoms. The largest absolute Gasteiger partial charge is 0.369 e. The number of likely N-dealkylation sites (tertiary alicyclic amines) is 1. The summed E-state index contributed by atoms with van der Waals surface area (Å²) in [5.41, 5.74) is 5.45. The third kappa shape index (κ3) is 6.32. The van der Waals surface area contributed by atoms with Crippen LogP contribution in [-0.2, 0) is 14.3 Å². The van der Waals surface area contributed by atoms with E-state index in [4.69, 9.17) is 10.5 Å². The van der Waals surface area contributed by atoms with Gasteiger partial charge in [-0.1, -0.05) is 6.92 Å². The first-order valence-corrected chi connectivity index (χ1v) is 14.8. The maximum Gasteiger partial charge on any atom is 0.345 e. The standard InChI is InChI=1S/C27H46F2N6O3/c1-16-14-19(4-7-21(16)26(37)34-11-8-18(9-12-34)23(30)36)33-24-25-32-15-22(35(25)13-10-31-24)17-2-5-20(6-3-17)38-27(28)29/h16-22,24-25,27,31-33H,2-15H2,1H3,(H2,30,36). The molecule has 0 radical (unpaired) electrons. The fraction of sp³-hybridized carbons (Fsp3) is 0.926. The lowest BCUT2D eigenvalue weighted by atomic mass is 9.76. The molecule has 5 rings (SSSR count). The number of fused-ring (bicyclic) bond motifs is 1. The van der Waals surface area contributed by atoms with Crippen LogP contribution in [0.15, 0.2) is 0 Å². The van der Waals surface area contributed by atoms with Crippen LogP contribution in [0.25, 0.3) is 0 Å². The smallest absolute Gasteiger partial charge is 0.345 e. The predicted molar refractivity (Wildman–Crippen MR) is 139 cm³/mol. The Morgan fingerprint density at radius 3 is 2.39 bits per heavy atom. The molecule has 0 aromatic heterocycles. The molecule has 5 N–H and O–H groups in total. The van der Waals surface area contributed by atoms with Crippen LogP contribution in [0.1, 0.15) is 64.7 Å². The molecule has 5 aliphatic rings. The SMILES string of the molecule is CC1CC(NC2NCCN3C(C4CCC(OC(F)F)CC4)CNC23)CCC1C(=O)N1CCC(C(N)=O)CC1. The van der Waals surface area contributed by atoms with Crippen LogP contribution in [0, 0.1) is 23.7 Å². The van der Waals surface area contributed by atoms with Gasteiger partial charge in [0.15, 0.2) is 0 Å². The van der Waals surface area contributed by atoms with Gasteiger partial charge in [-0.2, -0.15) is 8.78 Å². The third-order valence-corrected chi connectivity index (χ3v) is 10.0. The molecular formula is C27H46F2N6O3. The quantitative estimate of drug-likeness (QED) is 0.387. The van der Waals surface area contributed by atoms with Crippen molar-refractivity contribution in [3.05, 3.63) is 0 Å². The van der Waals surface area contributed by atoms with Gasteiger partial charge in [-0.3, -0.25) is 30.4 Å². The van der Waals surface area contributed by atoms with E-state index in [0.717, 1.165) is 51.7 Å². The molecule has 3 saturated heterocycles. The number of hydrogen-bond acceptors (Lipinski definition) is 7. The molecule has 3 heterocycles. The molecule has 9 nitrogen and oxygen atoms in total. The minimum atomic E-state index is -2.68. The van der Waals surface area contributed by atoms with E-state index in [-0.39, 0.29) is 42.1 Å². The fourth-order valence-electron chi connectivity index (χ4n) is 7.89. The molecule has 0 spiro atoms. The van der Waals surface area contributed by atoms with Gasteiger partial charge < -0.3 is 15.4 Å². The Kier molecular flexibility index (Phi) is 9.19. The number of nitrogens with two attached hydrogens (primary N) is 1. The van der Waals surface area contributed by atoms with Gasteiger partial charge in [0.05, 0.1) is 18.4 Å². The van der Waals surface area contributed by atoms with Crippen LogP contribution >= 0.6 is 0 Å². The van der Waals surface area contributed by atoms with Crippen molar-refractivity contribution in [2.24, 2.45) is 29.4 Å². The number of piperidine rings is 1. The third-order valence-electron chi connectivity index (χ3n) is 10.0. The summed E-state index contributed by atoms with van der Waals surface area (Å²) in [7, 11) is 0. The van der Waals surface area contributed by atoms with Crippen molar-refractivity contribution in [2.75, 3.05) is 32.7 Å². The number of rotatable bonds is 7. The first-order valence-electron chi connectivity index (χ1n) is 14.8. The summed E-state index contributed by atoms with van der Waals surface area (Å²) < 4.78 is 30.0. The molecule has 6 atom stereocenters. The Morgan fingerprint density at radius 2 is 1.74 bits per heavy atom. The van der Waals surface area contributed by atoms with Crippen LogP contribution < -0.4 is 21.7 Å². The Morgan fingerprint density at radius 1 is 1.00 bits per heavy atom. The predicted octanol–water partition coefficient (Wildman–Crippen LogP) is 1.43. The highest BCUT2D eigenvalue weighted by atomic mass is 19.3. The number of nitrogens with zero attached hydrogens (tertiary/aromatic N) is 2. The van der Waals surface area contributed by atoms with Crippen molar-refractivity contribution in [2.45, 2.75) is 102 Å². The molecule has 0 bridgehead atoms. The van der Waals surface area contributed by atoms with Crippen molar-refractivity contribution in [3.63, 3.8) is 0 Å². The minimum absolute atomic E-state index is 0.0483. The van der Waals surface area contributed by atoms with Crippen molar-refractivity contribution < 1.29 is 23.1 Å². The lowest BCUT2D eigenvalue weighted by Crippen LogP contribution is -2.67. The maximum absolute atomic E-state index is 13.3. The number of ether oxygens (including phenoxy) is 1. The van der Waals surface area contributed by atoms with Crippen molar-refractivity contribution in [1.29, 1.82) is 0 Å². The number of halogens is 2. The number of carbonyl (C=O) groups is 2. The summed E-state index contributed by atoms with van der Waals surface area (Å²) in [6.07, 6.45) is 7.54. The fourth-order valence-corrected chi connectivity index (χ4v) is 7.89. The van der Waals surface area contributed by atoms with Gasteiger partial charge in [-0.15, -0.1) is 0 Å². The van der Waals surface area contributed by atoms with Gasteiger partial charge in [0.2, 0.25) is 11.8 Å². The van der Waals surface area contributed by atoms with Gasteiger partial charge in [-0.05, 0) is 69.6 Å². The zero-order valence-corrected chi connectivity index (χ0v) is 22.6. The van der Waals surface area contributed by atoms with E-state index in [1.165, 1.54) is 0 Å². The second-order valence-corrected chi connectivity index (χ2v) is 12.3. The topological polar surface area (TPSA) is 112 Å². The number of hydrogen-bond donors (Lipinski definition) is 4. The van der Waals surface area contributed by atoms with E-state index in [0.29, 0.717) is 62.7 Å². The van der Waals surface area contributed by atoms with E-state index < -0.39 is 6.61 Å². The molecule has 0 aromatic carbocycles. The van der Waals surface area contributed by atoms with Gasteiger partial charge in [-0.25, -0.2) is 0 Å². The van der Waals surface area contributed by atoms with Crippen LogP contribution in [-0.4, -0.2) is 91.5 Å². The Hall–Kier alpha value is -1.40. The molecule has 0 aromatic rings. The van der Waals surface area contributed by atoms with Crippen molar-refractivity contribution >= 4 is 11.8 Å². The first-order chi connectivity index (χ1) is 18.3. The molecule has 2 amide bonds. The highest BCUT2D eigenvalue weighted by molar-refractivity contribution is 5.80. The number of amides is 2. The number of carbonyl (C=O) groups excluding carboxylic acids is 2. The monoisotopic (exact) mass is 540 g/mol. The molecule has 3 aliphatic heterocycles. The molecule has 2 saturated carbocycles. The van der Waals surface area contributed by atoms with Crippen molar-refractivity contribution in [3.8, 4) is 0 Å². The Labute approximate surface area is 224 Å². The normalized spacial score (nSPS) is 39.3. The molecular weight excluding hydrogens is 494 g/mol. The van der Waals surface area contributed by atoms with E-state index in [9.17, 15) is 18.4 Å². The lowest BCUT2D eigenvalue weighted by Gasteiger charge is -2.45. The van der Waals surface area contributed by atoms with Gasteiger partial charge in [0.25, 0.3) is 0 Å². The maximum atomic E-state index is 13.3. The summed E-state index contributed by atoms with van der Waals surface area (Å²) >= 11 is 0. The minimum Gasteiger partial charge on any atom is -0.369 e. The van der Waals surface area contributed by atoms with Crippen LogP contribution in [0.4, 0.5) is 8.78 Å². The van der Waals surface area contributed by atoms with Gasteiger partial charge in [0.1, 0.15) is 0 Å². The van der Waals surface area contributed by atoms with E-state index >= 15 is 0 Å². The lowest BCUT2D eigenvalue weighted by molar-refractivity contribution is -0.172. The van der Waals surface area contributed by atoms with E-state index in [1.807, 2.05) is 4.90 Å². The van der Waals surface area contributed by atoms with Crippen LogP contribution in [0.3, 0.4) is 0 Å². The van der Waals surface area contributed by atoms with Crippen LogP contribution in [0.5, 0.6) is 0 Å². The molecule has 2 aliphatic carbocycles. The highest BCUT2D eigenvalue weighted by Gasteiger charge is 2.45. The molecule has 6 unspecified atom stereocenters. The van der Waals surface area contributed by atoms with E-state index in [1.54, 1.807) is 0 Å². The molecule has 216 valence electrons. The summed E-state index contributed by atoms with van der Waals surface area (Å²) in [5.74, 6) is 0.761. The highest BCUT2D eigenvalue weighted by Crippen LogP contribution is 2.36. The zero-order valence-electron chi connectivity index (χ0n) is 22.6. The Balaban J connectivity index is 1.09. The number of primary amides is 1. The van der Waals surface area contributed by atoms with Crippen molar-refractivity contribution in [1.82, 2.24) is 25.8 Å². The number of alkyl halides is 2. The second-order valence-electron chi connectivity index (χ2n) is 12.3. The summed E-state index contributed by atoms with van der Waals surface area (Å²) in [6.45, 7) is 3.62. The molecule has 5 fully saturated rings. The van der Waals surface area contributed by atoms with E-state index in [2.05, 4.69) is 27.8 Å². The average molecular weight is 541 g/mol. The summed E-state index contributed by atoms with van der Waals surface area (Å²) in [4.78, 5) is 29.3. The number of nitrogens with one attached hydrogen (secondary N) is 3. The zero-order chi connectivity index (χ0) is 26.8. The van der Waals surface area contributed by atoms with Crippen LogP contribution in [0.2, 0.25) is 0 Å².